The Morgan fingerprint density at radius 3 is 1.32 bits per heavy atom. The molecule has 0 aliphatic rings. The highest BCUT2D eigenvalue weighted by Gasteiger charge is 2.19. The van der Waals surface area contributed by atoms with Crippen molar-refractivity contribution in [1.29, 1.82) is 0 Å². The second kappa shape index (κ2) is 27.0. The molecule has 4 nitrogen and oxygen atoms in total. The predicted octanol–water partition coefficient (Wildman–Crippen LogP) is 8.23. The summed E-state index contributed by atoms with van der Waals surface area (Å²) in [6, 6.07) is -0.525. The average Bonchev–Trinajstić information content (AvgIpc) is 2.84. The van der Waals surface area contributed by atoms with Crippen molar-refractivity contribution in [2.45, 2.75) is 180 Å². The highest BCUT2D eigenvalue weighted by molar-refractivity contribution is 5.76. The first-order valence-electron chi connectivity index (χ1n) is 15.2. The molecule has 0 spiro atoms. The fourth-order valence-electron chi connectivity index (χ4n) is 4.71. The molecule has 0 aromatic carbocycles. The van der Waals surface area contributed by atoms with Crippen LogP contribution in [0.4, 0.5) is 0 Å². The molecule has 0 aromatic heterocycles. The SMILES string of the molecule is CCCCCCCCCCCCCCCC(=O)NC(CO)C(O)CCCCCCCCCCC. The van der Waals surface area contributed by atoms with Crippen LogP contribution in [-0.2, 0) is 4.79 Å². The first-order chi connectivity index (χ1) is 16.7. The van der Waals surface area contributed by atoms with Gasteiger partial charge in [-0.1, -0.05) is 149 Å². The molecule has 0 aliphatic carbocycles. The number of hydrogen-bond acceptors (Lipinski definition) is 3. The van der Waals surface area contributed by atoms with E-state index in [9.17, 15) is 15.0 Å². The van der Waals surface area contributed by atoms with Crippen LogP contribution in [0, 0.1) is 0 Å². The summed E-state index contributed by atoms with van der Waals surface area (Å²) >= 11 is 0. The van der Waals surface area contributed by atoms with E-state index in [1.54, 1.807) is 0 Å². The van der Waals surface area contributed by atoms with E-state index in [2.05, 4.69) is 19.2 Å². The molecule has 0 fully saturated rings. The molecule has 1 amide bonds. The number of amides is 1. The lowest BCUT2D eigenvalue weighted by atomic mass is 10.0. The number of rotatable bonds is 27. The largest absolute Gasteiger partial charge is 0.394 e. The molecule has 0 saturated heterocycles. The van der Waals surface area contributed by atoms with Gasteiger partial charge in [0, 0.05) is 6.42 Å². The van der Waals surface area contributed by atoms with Crippen LogP contribution in [0.5, 0.6) is 0 Å². The Bertz CT molecular complexity index is 416. The Hall–Kier alpha value is -0.610. The molecular weight excluding hydrogens is 422 g/mol. The molecule has 0 aromatic rings. The summed E-state index contributed by atoms with van der Waals surface area (Å²) in [6.45, 7) is 4.32. The molecule has 0 heterocycles. The molecule has 34 heavy (non-hydrogen) atoms. The standard InChI is InChI=1S/C30H61NO3/c1-3-5-7-9-11-13-14-15-16-18-20-22-24-26-30(34)31-28(27-32)29(33)25-23-21-19-17-12-10-8-6-4-2/h28-29,32-33H,3-27H2,1-2H3,(H,31,34). The number of nitrogens with one attached hydrogen (secondary N) is 1. The molecule has 0 saturated carbocycles. The molecule has 2 atom stereocenters. The zero-order valence-corrected chi connectivity index (χ0v) is 23.1. The maximum Gasteiger partial charge on any atom is 0.220 e. The average molecular weight is 484 g/mol. The van der Waals surface area contributed by atoms with Crippen molar-refractivity contribution in [2.24, 2.45) is 0 Å². The number of aliphatic hydroxyl groups excluding tert-OH is 2. The van der Waals surface area contributed by atoms with Gasteiger partial charge in [0.05, 0.1) is 18.8 Å². The van der Waals surface area contributed by atoms with E-state index >= 15 is 0 Å². The predicted molar refractivity (Wildman–Crippen MR) is 147 cm³/mol. The Morgan fingerprint density at radius 2 is 0.941 bits per heavy atom. The van der Waals surface area contributed by atoms with Crippen LogP contribution in [0.3, 0.4) is 0 Å². The third kappa shape index (κ3) is 23.1. The van der Waals surface area contributed by atoms with E-state index in [1.165, 1.54) is 116 Å². The van der Waals surface area contributed by atoms with Crippen LogP contribution in [0.15, 0.2) is 0 Å². The first kappa shape index (κ1) is 33.4. The second-order valence-electron chi connectivity index (χ2n) is 10.5. The zero-order valence-electron chi connectivity index (χ0n) is 23.1. The molecule has 0 bridgehead atoms. The summed E-state index contributed by atoms with van der Waals surface area (Å²) in [5, 5.41) is 22.8. The van der Waals surface area contributed by atoms with E-state index in [-0.39, 0.29) is 12.5 Å². The molecule has 204 valence electrons. The van der Waals surface area contributed by atoms with Gasteiger partial charge in [0.1, 0.15) is 0 Å². The van der Waals surface area contributed by atoms with E-state index in [0.29, 0.717) is 12.8 Å². The molecule has 2 unspecified atom stereocenters. The molecule has 4 heteroatoms. The summed E-state index contributed by atoms with van der Waals surface area (Å²) in [4.78, 5) is 12.2. The molecule has 0 rings (SSSR count). The number of carbonyl (C=O) groups excluding carboxylic acids is 1. The lowest BCUT2D eigenvalue weighted by Crippen LogP contribution is -2.45. The minimum atomic E-state index is -0.648. The van der Waals surface area contributed by atoms with E-state index in [4.69, 9.17) is 0 Å². The van der Waals surface area contributed by atoms with Crippen molar-refractivity contribution in [2.75, 3.05) is 6.61 Å². The van der Waals surface area contributed by atoms with Gasteiger partial charge >= 0.3 is 0 Å². The van der Waals surface area contributed by atoms with Gasteiger partial charge in [-0.15, -0.1) is 0 Å². The van der Waals surface area contributed by atoms with Crippen LogP contribution in [0.2, 0.25) is 0 Å². The number of hydrogen-bond donors (Lipinski definition) is 3. The van der Waals surface area contributed by atoms with Crippen LogP contribution in [0.25, 0.3) is 0 Å². The Kier molecular flexibility index (Phi) is 26.5. The summed E-state index contributed by atoms with van der Waals surface area (Å²) < 4.78 is 0. The second-order valence-corrected chi connectivity index (χ2v) is 10.5. The van der Waals surface area contributed by atoms with Gasteiger partial charge in [0.15, 0.2) is 0 Å². The van der Waals surface area contributed by atoms with Crippen molar-refractivity contribution in [3.63, 3.8) is 0 Å². The Labute approximate surface area is 213 Å². The summed E-state index contributed by atoms with van der Waals surface area (Å²) in [5.41, 5.74) is 0. The minimum absolute atomic E-state index is 0.0340. The van der Waals surface area contributed by atoms with Gasteiger partial charge in [0.2, 0.25) is 5.91 Å². The topological polar surface area (TPSA) is 69.6 Å². The van der Waals surface area contributed by atoms with Crippen LogP contribution in [0.1, 0.15) is 168 Å². The van der Waals surface area contributed by atoms with E-state index < -0.39 is 12.1 Å². The van der Waals surface area contributed by atoms with Crippen molar-refractivity contribution >= 4 is 5.91 Å². The van der Waals surface area contributed by atoms with Gasteiger partial charge in [-0.05, 0) is 12.8 Å². The van der Waals surface area contributed by atoms with Crippen molar-refractivity contribution < 1.29 is 15.0 Å². The lowest BCUT2D eigenvalue weighted by Gasteiger charge is -2.22. The van der Waals surface area contributed by atoms with Crippen LogP contribution >= 0.6 is 0 Å². The molecule has 0 radical (unpaired) electrons. The zero-order chi connectivity index (χ0) is 25.1. The minimum Gasteiger partial charge on any atom is -0.394 e. The highest BCUT2D eigenvalue weighted by Crippen LogP contribution is 2.14. The van der Waals surface area contributed by atoms with E-state index in [1.807, 2.05) is 0 Å². The first-order valence-corrected chi connectivity index (χ1v) is 15.2. The Balaban J connectivity index is 3.57. The monoisotopic (exact) mass is 483 g/mol. The quantitative estimate of drug-likeness (QED) is 0.103. The normalized spacial score (nSPS) is 13.2. The number of aliphatic hydroxyl groups is 2. The summed E-state index contributed by atoms with van der Waals surface area (Å²) in [7, 11) is 0. The summed E-state index contributed by atoms with van der Waals surface area (Å²) in [5.74, 6) is -0.0340. The third-order valence-electron chi connectivity index (χ3n) is 7.12. The molecule has 0 aliphatic heterocycles. The summed E-state index contributed by atoms with van der Waals surface area (Å²) in [6.07, 6.45) is 28.5. The molecule has 3 N–H and O–H groups in total. The smallest absolute Gasteiger partial charge is 0.220 e. The fourth-order valence-corrected chi connectivity index (χ4v) is 4.71. The third-order valence-corrected chi connectivity index (χ3v) is 7.12. The van der Waals surface area contributed by atoms with Crippen LogP contribution < -0.4 is 5.32 Å². The van der Waals surface area contributed by atoms with Gasteiger partial charge in [-0.2, -0.15) is 0 Å². The van der Waals surface area contributed by atoms with E-state index in [0.717, 1.165) is 25.7 Å². The van der Waals surface area contributed by atoms with Gasteiger partial charge < -0.3 is 15.5 Å². The van der Waals surface area contributed by atoms with Crippen molar-refractivity contribution in [3.8, 4) is 0 Å². The van der Waals surface area contributed by atoms with Crippen molar-refractivity contribution in [1.82, 2.24) is 5.32 Å². The van der Waals surface area contributed by atoms with Gasteiger partial charge in [-0.3, -0.25) is 4.79 Å². The maximum atomic E-state index is 12.2. The van der Waals surface area contributed by atoms with Gasteiger partial charge in [0.25, 0.3) is 0 Å². The fraction of sp³-hybridized carbons (Fsp3) is 0.967. The maximum absolute atomic E-state index is 12.2. The molecular formula is C30H61NO3. The van der Waals surface area contributed by atoms with Crippen molar-refractivity contribution in [3.05, 3.63) is 0 Å². The lowest BCUT2D eigenvalue weighted by molar-refractivity contribution is -0.123. The van der Waals surface area contributed by atoms with Gasteiger partial charge in [-0.25, -0.2) is 0 Å². The Morgan fingerprint density at radius 1 is 0.588 bits per heavy atom. The number of unbranched alkanes of at least 4 members (excludes halogenated alkanes) is 20. The highest BCUT2D eigenvalue weighted by atomic mass is 16.3. The number of carbonyl (C=O) groups is 1. The van der Waals surface area contributed by atoms with Crippen LogP contribution in [-0.4, -0.2) is 34.9 Å².